The zero-order valence-corrected chi connectivity index (χ0v) is 12.9. The first-order chi connectivity index (χ1) is 9.40. The lowest BCUT2D eigenvalue weighted by atomic mass is 10.2. The monoisotopic (exact) mass is 315 g/mol. The molecule has 7 heteroatoms. The third-order valence-electron chi connectivity index (χ3n) is 2.43. The van der Waals surface area contributed by atoms with Crippen LogP contribution in [-0.4, -0.2) is 42.7 Å². The molecular weight excluding hydrogens is 298 g/mol. The van der Waals surface area contributed by atoms with Crippen LogP contribution in [-0.2, 0) is 20.6 Å². The molecule has 1 aromatic carbocycles. The summed E-state index contributed by atoms with van der Waals surface area (Å²) in [5.41, 5.74) is 0.527. The highest BCUT2D eigenvalue weighted by Gasteiger charge is 2.06. The molecule has 1 unspecified atom stereocenters. The standard InChI is InChI=1S/C13H17NO4S2/c1-20(16,17)9-8-19(15)7-3-6-18-13-5-2-4-12(10-13)11-14/h2,4-5,10H,3,6-9H2,1H3. The molecule has 0 aromatic heterocycles. The maximum atomic E-state index is 11.5. The van der Waals surface area contributed by atoms with Crippen LogP contribution in [0.3, 0.4) is 0 Å². The van der Waals surface area contributed by atoms with E-state index in [4.69, 9.17) is 10.00 Å². The van der Waals surface area contributed by atoms with Crippen LogP contribution in [0.5, 0.6) is 5.75 Å². The first-order valence-electron chi connectivity index (χ1n) is 6.06. The molecule has 0 spiro atoms. The molecule has 0 radical (unpaired) electrons. The molecule has 0 saturated heterocycles. The Morgan fingerprint density at radius 1 is 1.35 bits per heavy atom. The summed E-state index contributed by atoms with van der Waals surface area (Å²) in [7, 11) is -4.20. The Hall–Kier alpha value is -1.39. The van der Waals surface area contributed by atoms with E-state index in [1.165, 1.54) is 0 Å². The molecular formula is C13H17NO4S2. The molecule has 1 rings (SSSR count). The maximum Gasteiger partial charge on any atom is 0.148 e. The Kier molecular flexibility index (Phi) is 6.68. The van der Waals surface area contributed by atoms with Crippen molar-refractivity contribution in [3.8, 4) is 11.8 Å². The van der Waals surface area contributed by atoms with Crippen molar-refractivity contribution in [2.24, 2.45) is 0 Å². The van der Waals surface area contributed by atoms with E-state index in [2.05, 4.69) is 0 Å². The van der Waals surface area contributed by atoms with Gasteiger partial charge in [0.2, 0.25) is 0 Å². The van der Waals surface area contributed by atoms with Gasteiger partial charge in [-0.25, -0.2) is 8.42 Å². The van der Waals surface area contributed by atoms with E-state index in [0.717, 1.165) is 6.26 Å². The van der Waals surface area contributed by atoms with Crippen molar-refractivity contribution in [1.29, 1.82) is 5.26 Å². The van der Waals surface area contributed by atoms with Crippen LogP contribution in [0.25, 0.3) is 0 Å². The zero-order valence-electron chi connectivity index (χ0n) is 11.2. The Balaban J connectivity index is 2.25. The Bertz CT molecular complexity index is 605. The molecule has 0 aliphatic rings. The number of sulfone groups is 1. The average Bonchev–Trinajstić information content (AvgIpc) is 2.41. The zero-order chi connectivity index (χ0) is 15.0. The van der Waals surface area contributed by atoms with Crippen LogP contribution >= 0.6 is 0 Å². The molecule has 0 aliphatic heterocycles. The SMILES string of the molecule is CS(=O)(=O)CCS(=O)CCCOc1cccc(C#N)c1. The van der Waals surface area contributed by atoms with Gasteiger partial charge in [-0.3, -0.25) is 4.21 Å². The van der Waals surface area contributed by atoms with Crippen molar-refractivity contribution in [3.05, 3.63) is 29.8 Å². The van der Waals surface area contributed by atoms with Crippen molar-refractivity contribution in [1.82, 2.24) is 0 Å². The van der Waals surface area contributed by atoms with Crippen molar-refractivity contribution < 1.29 is 17.4 Å². The Morgan fingerprint density at radius 2 is 2.10 bits per heavy atom. The normalized spacial score (nSPS) is 12.6. The van der Waals surface area contributed by atoms with Gasteiger partial charge in [-0.2, -0.15) is 5.26 Å². The van der Waals surface area contributed by atoms with Gasteiger partial charge in [0.05, 0.1) is 24.0 Å². The van der Waals surface area contributed by atoms with E-state index >= 15 is 0 Å². The van der Waals surface area contributed by atoms with Gasteiger partial charge in [0.25, 0.3) is 0 Å². The van der Waals surface area contributed by atoms with Gasteiger partial charge in [-0.05, 0) is 24.6 Å². The van der Waals surface area contributed by atoms with Crippen molar-refractivity contribution in [3.63, 3.8) is 0 Å². The highest BCUT2D eigenvalue weighted by Crippen LogP contribution is 2.12. The number of benzene rings is 1. The molecule has 0 fully saturated rings. The largest absolute Gasteiger partial charge is 0.494 e. The summed E-state index contributed by atoms with van der Waals surface area (Å²) in [6.45, 7) is 0.388. The molecule has 0 bridgehead atoms. The summed E-state index contributed by atoms with van der Waals surface area (Å²) in [5, 5.41) is 8.74. The smallest absolute Gasteiger partial charge is 0.148 e. The molecule has 0 aliphatic carbocycles. The number of nitriles is 1. The number of hydrogen-bond acceptors (Lipinski definition) is 5. The molecule has 0 amide bonds. The fourth-order valence-corrected chi connectivity index (χ4v) is 4.01. The van der Waals surface area contributed by atoms with Crippen LogP contribution in [0.2, 0.25) is 0 Å². The average molecular weight is 315 g/mol. The quantitative estimate of drug-likeness (QED) is 0.671. The van der Waals surface area contributed by atoms with E-state index in [1.807, 2.05) is 6.07 Å². The number of hydrogen-bond donors (Lipinski definition) is 0. The Morgan fingerprint density at radius 3 is 2.75 bits per heavy atom. The van der Waals surface area contributed by atoms with Gasteiger partial charge in [0, 0.05) is 28.6 Å². The summed E-state index contributed by atoms with van der Waals surface area (Å²) in [6, 6.07) is 8.83. The van der Waals surface area contributed by atoms with Crippen LogP contribution in [0.15, 0.2) is 24.3 Å². The first kappa shape index (κ1) is 16.7. The predicted octanol–water partition coefficient (Wildman–Crippen LogP) is 1.12. The molecule has 20 heavy (non-hydrogen) atoms. The van der Waals surface area contributed by atoms with Gasteiger partial charge >= 0.3 is 0 Å². The molecule has 1 atom stereocenters. The molecule has 0 N–H and O–H groups in total. The molecule has 0 saturated carbocycles. The summed E-state index contributed by atoms with van der Waals surface area (Å²) in [6.07, 6.45) is 1.71. The molecule has 1 aromatic rings. The van der Waals surface area contributed by atoms with E-state index in [-0.39, 0.29) is 11.5 Å². The summed E-state index contributed by atoms with van der Waals surface area (Å²) < 4.78 is 38.8. The van der Waals surface area contributed by atoms with E-state index < -0.39 is 20.6 Å². The number of nitrogens with zero attached hydrogens (tertiary/aromatic N) is 1. The van der Waals surface area contributed by atoms with Gasteiger partial charge < -0.3 is 4.74 Å². The third-order valence-corrected chi connectivity index (χ3v) is 5.04. The lowest BCUT2D eigenvalue weighted by Crippen LogP contribution is -2.14. The van der Waals surface area contributed by atoms with Crippen molar-refractivity contribution >= 4 is 20.6 Å². The third kappa shape index (κ3) is 7.26. The second-order valence-electron chi connectivity index (χ2n) is 4.32. The first-order valence-corrected chi connectivity index (χ1v) is 9.61. The van der Waals surface area contributed by atoms with E-state index in [9.17, 15) is 12.6 Å². The second kappa shape index (κ2) is 8.02. The maximum absolute atomic E-state index is 11.5. The second-order valence-corrected chi connectivity index (χ2v) is 8.28. The van der Waals surface area contributed by atoms with Gasteiger partial charge in [0.1, 0.15) is 15.6 Å². The highest BCUT2D eigenvalue weighted by molar-refractivity contribution is 7.92. The topological polar surface area (TPSA) is 84.2 Å². The summed E-state index contributed by atoms with van der Waals surface area (Å²) in [4.78, 5) is 0. The van der Waals surface area contributed by atoms with Crippen LogP contribution in [0, 0.1) is 11.3 Å². The summed E-state index contributed by atoms with van der Waals surface area (Å²) >= 11 is 0. The minimum atomic E-state index is -3.06. The van der Waals surface area contributed by atoms with E-state index in [0.29, 0.717) is 30.1 Å². The van der Waals surface area contributed by atoms with Gasteiger partial charge in [0.15, 0.2) is 0 Å². The Labute approximate surface area is 121 Å². The number of rotatable bonds is 8. The predicted molar refractivity (Wildman–Crippen MR) is 78.9 cm³/mol. The number of ether oxygens (including phenoxy) is 1. The van der Waals surface area contributed by atoms with Crippen LogP contribution < -0.4 is 4.74 Å². The minimum Gasteiger partial charge on any atom is -0.494 e. The van der Waals surface area contributed by atoms with Crippen LogP contribution in [0.1, 0.15) is 12.0 Å². The fraction of sp³-hybridized carbons (Fsp3) is 0.462. The molecule has 0 heterocycles. The van der Waals surface area contributed by atoms with Crippen molar-refractivity contribution in [2.75, 3.05) is 30.1 Å². The van der Waals surface area contributed by atoms with Crippen LogP contribution in [0.4, 0.5) is 0 Å². The minimum absolute atomic E-state index is 0.0509. The molecule has 110 valence electrons. The lowest BCUT2D eigenvalue weighted by Gasteiger charge is -2.06. The fourth-order valence-electron chi connectivity index (χ4n) is 1.41. The van der Waals surface area contributed by atoms with Gasteiger partial charge in [-0.15, -0.1) is 0 Å². The van der Waals surface area contributed by atoms with E-state index in [1.54, 1.807) is 24.3 Å². The highest BCUT2D eigenvalue weighted by atomic mass is 32.2. The molecule has 5 nitrogen and oxygen atoms in total. The lowest BCUT2D eigenvalue weighted by molar-refractivity contribution is 0.318. The van der Waals surface area contributed by atoms with Crippen molar-refractivity contribution in [2.45, 2.75) is 6.42 Å². The summed E-state index contributed by atoms with van der Waals surface area (Å²) in [5.74, 6) is 1.13. The van der Waals surface area contributed by atoms with Gasteiger partial charge in [-0.1, -0.05) is 6.07 Å².